The number of rotatable bonds is 2. The van der Waals surface area contributed by atoms with Gasteiger partial charge in [-0.25, -0.2) is 0 Å². The number of hydrogen-bond donors (Lipinski definition) is 1. The van der Waals surface area contributed by atoms with Crippen LogP contribution in [0.4, 0.5) is 0 Å². The van der Waals surface area contributed by atoms with Crippen molar-refractivity contribution in [1.82, 2.24) is 4.57 Å². The molecule has 2 aromatic heterocycles. The summed E-state index contributed by atoms with van der Waals surface area (Å²) in [5.74, 6) is 0. The Kier molecular flexibility index (Phi) is 2.50. The molecule has 3 heteroatoms. The molecule has 3 rings (SSSR count). The van der Waals surface area contributed by atoms with Crippen molar-refractivity contribution in [3.63, 3.8) is 0 Å². The van der Waals surface area contributed by atoms with Crippen LogP contribution in [-0.2, 0) is 13.6 Å². The number of nitrogens with zero attached hydrogens (tertiary/aromatic N) is 1. The fourth-order valence-electron chi connectivity index (χ4n) is 2.27. The van der Waals surface area contributed by atoms with Gasteiger partial charge in [-0.05, 0) is 28.0 Å². The first kappa shape index (κ1) is 10.6. The SMILES string of the molecule is Cn1cc(-c2cscc2CN)c2ccccc21. The maximum absolute atomic E-state index is 5.78. The first-order valence-electron chi connectivity index (χ1n) is 5.61. The molecule has 0 aliphatic carbocycles. The predicted molar refractivity (Wildman–Crippen MR) is 74.1 cm³/mol. The third-order valence-electron chi connectivity index (χ3n) is 3.15. The molecule has 86 valence electrons. The molecule has 0 amide bonds. The average molecular weight is 242 g/mol. The molecule has 0 radical (unpaired) electrons. The van der Waals surface area contributed by atoms with Gasteiger partial charge < -0.3 is 10.3 Å². The van der Waals surface area contributed by atoms with E-state index >= 15 is 0 Å². The van der Waals surface area contributed by atoms with Gasteiger partial charge in [-0.3, -0.25) is 0 Å². The van der Waals surface area contributed by atoms with Crippen LogP contribution in [0.15, 0.2) is 41.2 Å². The lowest BCUT2D eigenvalue weighted by molar-refractivity contribution is 0.969. The van der Waals surface area contributed by atoms with Gasteiger partial charge in [-0.1, -0.05) is 18.2 Å². The molecule has 3 aromatic rings. The molecule has 0 unspecified atom stereocenters. The van der Waals surface area contributed by atoms with Crippen LogP contribution in [0, 0.1) is 0 Å². The summed E-state index contributed by atoms with van der Waals surface area (Å²) in [6.07, 6.45) is 2.19. The Labute approximate surface area is 104 Å². The van der Waals surface area contributed by atoms with Crippen molar-refractivity contribution < 1.29 is 0 Å². The van der Waals surface area contributed by atoms with E-state index in [-0.39, 0.29) is 0 Å². The van der Waals surface area contributed by atoms with Gasteiger partial charge in [0, 0.05) is 36.3 Å². The molecule has 2 N–H and O–H groups in total. The van der Waals surface area contributed by atoms with Gasteiger partial charge in [0.05, 0.1) is 0 Å². The first-order chi connectivity index (χ1) is 8.31. The third kappa shape index (κ3) is 1.59. The smallest absolute Gasteiger partial charge is 0.0484 e. The van der Waals surface area contributed by atoms with E-state index in [1.807, 2.05) is 0 Å². The highest BCUT2D eigenvalue weighted by atomic mass is 32.1. The number of aromatic nitrogens is 1. The first-order valence-corrected chi connectivity index (χ1v) is 6.55. The summed E-state index contributed by atoms with van der Waals surface area (Å²) in [5.41, 5.74) is 10.8. The third-order valence-corrected chi connectivity index (χ3v) is 3.94. The maximum atomic E-state index is 5.78. The van der Waals surface area contributed by atoms with E-state index in [0.717, 1.165) is 0 Å². The highest BCUT2D eigenvalue weighted by molar-refractivity contribution is 7.08. The second-order valence-electron chi connectivity index (χ2n) is 4.19. The molecule has 17 heavy (non-hydrogen) atoms. The Morgan fingerprint density at radius 3 is 2.82 bits per heavy atom. The van der Waals surface area contributed by atoms with E-state index in [2.05, 4.69) is 52.8 Å². The van der Waals surface area contributed by atoms with E-state index in [9.17, 15) is 0 Å². The number of fused-ring (bicyclic) bond motifs is 1. The molecule has 2 heterocycles. The van der Waals surface area contributed by atoms with Crippen LogP contribution >= 0.6 is 11.3 Å². The number of hydrogen-bond acceptors (Lipinski definition) is 2. The maximum Gasteiger partial charge on any atom is 0.0484 e. The molecule has 0 saturated heterocycles. The minimum absolute atomic E-state index is 0.599. The van der Waals surface area contributed by atoms with Crippen LogP contribution in [0.2, 0.25) is 0 Å². The molecule has 1 aromatic carbocycles. The van der Waals surface area contributed by atoms with Crippen molar-refractivity contribution >= 4 is 22.2 Å². The molecule has 0 atom stereocenters. The van der Waals surface area contributed by atoms with E-state index in [4.69, 9.17) is 5.73 Å². The molecule has 0 fully saturated rings. The lowest BCUT2D eigenvalue weighted by atomic mass is 10.0. The zero-order valence-electron chi connectivity index (χ0n) is 9.68. The van der Waals surface area contributed by atoms with Crippen LogP contribution in [0.25, 0.3) is 22.0 Å². The Morgan fingerprint density at radius 1 is 1.18 bits per heavy atom. The highest BCUT2D eigenvalue weighted by Crippen LogP contribution is 2.34. The minimum atomic E-state index is 0.599. The van der Waals surface area contributed by atoms with E-state index < -0.39 is 0 Å². The van der Waals surface area contributed by atoms with Crippen molar-refractivity contribution in [2.45, 2.75) is 6.54 Å². The normalized spacial score (nSPS) is 11.2. The largest absolute Gasteiger partial charge is 0.350 e. The van der Waals surface area contributed by atoms with Gasteiger partial charge in [0.15, 0.2) is 0 Å². The molecular formula is C14H14N2S. The van der Waals surface area contributed by atoms with Crippen molar-refractivity contribution in [3.8, 4) is 11.1 Å². The van der Waals surface area contributed by atoms with E-state index in [0.29, 0.717) is 6.54 Å². The molecule has 0 saturated carbocycles. The molecule has 0 aliphatic heterocycles. The van der Waals surface area contributed by atoms with Gasteiger partial charge in [-0.15, -0.1) is 0 Å². The second-order valence-corrected chi connectivity index (χ2v) is 4.93. The quantitative estimate of drug-likeness (QED) is 0.734. The minimum Gasteiger partial charge on any atom is -0.350 e. The summed E-state index contributed by atoms with van der Waals surface area (Å²) < 4.78 is 2.17. The van der Waals surface area contributed by atoms with Crippen LogP contribution in [0.1, 0.15) is 5.56 Å². The summed E-state index contributed by atoms with van der Waals surface area (Å²) in [6.45, 7) is 0.599. The second kappa shape index (κ2) is 4.02. The van der Waals surface area contributed by atoms with Crippen LogP contribution in [-0.4, -0.2) is 4.57 Å². The average Bonchev–Trinajstić information content (AvgIpc) is 2.94. The summed E-state index contributed by atoms with van der Waals surface area (Å²) in [4.78, 5) is 0. The number of benzene rings is 1. The number of nitrogens with two attached hydrogens (primary N) is 1. The zero-order chi connectivity index (χ0) is 11.8. The Morgan fingerprint density at radius 2 is 2.00 bits per heavy atom. The van der Waals surface area contributed by atoms with Gasteiger partial charge >= 0.3 is 0 Å². The molecule has 0 aliphatic rings. The summed E-state index contributed by atoms with van der Waals surface area (Å²) >= 11 is 1.71. The lowest BCUT2D eigenvalue weighted by Crippen LogP contribution is -1.95. The van der Waals surface area contributed by atoms with Crippen LogP contribution in [0.5, 0.6) is 0 Å². The fourth-order valence-corrected chi connectivity index (χ4v) is 3.14. The lowest BCUT2D eigenvalue weighted by Gasteiger charge is -1.99. The molecular weight excluding hydrogens is 228 g/mol. The Bertz CT molecular complexity index is 664. The highest BCUT2D eigenvalue weighted by Gasteiger charge is 2.11. The number of thiophene rings is 1. The van der Waals surface area contributed by atoms with Gasteiger partial charge in [0.1, 0.15) is 0 Å². The van der Waals surface area contributed by atoms with E-state index in [1.54, 1.807) is 11.3 Å². The van der Waals surface area contributed by atoms with Crippen LogP contribution in [0.3, 0.4) is 0 Å². The fraction of sp³-hybridized carbons (Fsp3) is 0.143. The van der Waals surface area contributed by atoms with Gasteiger partial charge in [0.2, 0.25) is 0 Å². The Hall–Kier alpha value is -1.58. The van der Waals surface area contributed by atoms with Crippen molar-refractivity contribution in [3.05, 3.63) is 46.8 Å². The summed E-state index contributed by atoms with van der Waals surface area (Å²) in [5, 5.41) is 5.62. The van der Waals surface area contributed by atoms with Gasteiger partial charge in [-0.2, -0.15) is 11.3 Å². The standard InChI is InChI=1S/C14H14N2S/c1-16-7-12(11-4-2-3-5-14(11)16)13-9-17-8-10(13)6-15/h2-5,7-9H,6,15H2,1H3. The van der Waals surface area contributed by atoms with Crippen molar-refractivity contribution in [2.24, 2.45) is 12.8 Å². The Balaban J connectivity index is 2.31. The van der Waals surface area contributed by atoms with E-state index in [1.165, 1.54) is 27.6 Å². The van der Waals surface area contributed by atoms with Crippen molar-refractivity contribution in [2.75, 3.05) is 0 Å². The zero-order valence-corrected chi connectivity index (χ0v) is 10.5. The topological polar surface area (TPSA) is 30.9 Å². The monoisotopic (exact) mass is 242 g/mol. The summed E-state index contributed by atoms with van der Waals surface area (Å²) in [7, 11) is 2.08. The molecule has 0 spiro atoms. The predicted octanol–water partition coefficient (Wildman–Crippen LogP) is 3.37. The summed E-state index contributed by atoms with van der Waals surface area (Å²) in [6, 6.07) is 8.47. The van der Waals surface area contributed by atoms with Crippen LogP contribution < -0.4 is 5.73 Å². The van der Waals surface area contributed by atoms with Crippen molar-refractivity contribution in [1.29, 1.82) is 0 Å². The number of para-hydroxylation sites is 1. The van der Waals surface area contributed by atoms with Gasteiger partial charge in [0.25, 0.3) is 0 Å². The molecule has 0 bridgehead atoms. The molecule has 2 nitrogen and oxygen atoms in total. The number of aryl methyl sites for hydroxylation is 1.